The van der Waals surface area contributed by atoms with Crippen molar-refractivity contribution in [2.45, 2.75) is 25.0 Å². The minimum Gasteiger partial charge on any atom is -0.492 e. The second-order valence-corrected chi connectivity index (χ2v) is 8.17. The van der Waals surface area contributed by atoms with Gasteiger partial charge in [-0.2, -0.15) is 0 Å². The minimum absolute atomic E-state index is 0.337. The van der Waals surface area contributed by atoms with Crippen molar-refractivity contribution in [3.8, 4) is 5.75 Å². The first-order valence-corrected chi connectivity index (χ1v) is 10.8. The van der Waals surface area contributed by atoms with Crippen LogP contribution in [0.15, 0.2) is 72.1 Å². The number of hydrogen-bond donors (Lipinski definition) is 4. The topological polar surface area (TPSA) is 69.2 Å². The van der Waals surface area contributed by atoms with Crippen molar-refractivity contribution in [2.24, 2.45) is 0 Å². The lowest BCUT2D eigenvalue weighted by Gasteiger charge is -2.14. The molecule has 2 aromatic carbocycles. The molecule has 1 saturated heterocycles. The van der Waals surface area contributed by atoms with Gasteiger partial charge in [0.25, 0.3) is 0 Å². The molecule has 0 radical (unpaired) electrons. The molecule has 3 aromatic rings. The van der Waals surface area contributed by atoms with Crippen molar-refractivity contribution in [2.75, 3.05) is 18.5 Å². The number of amidine groups is 1. The van der Waals surface area contributed by atoms with Gasteiger partial charge in [0, 0.05) is 36.9 Å². The maximum Gasteiger partial charge on any atom is 0.140 e. The average Bonchev–Trinajstić information content (AvgIpc) is 3.44. The van der Waals surface area contributed by atoms with Crippen LogP contribution >= 0.6 is 11.3 Å². The highest BCUT2D eigenvalue weighted by Crippen LogP contribution is 2.20. The Balaban J connectivity index is 1.23. The van der Waals surface area contributed by atoms with E-state index in [-0.39, 0.29) is 0 Å². The van der Waals surface area contributed by atoms with E-state index in [1.807, 2.05) is 47.8 Å². The third-order valence-electron chi connectivity index (χ3n) is 4.98. The molecule has 1 aromatic heterocycles. The van der Waals surface area contributed by atoms with Gasteiger partial charge in [0.1, 0.15) is 18.2 Å². The Bertz CT molecular complexity index is 914. The summed E-state index contributed by atoms with van der Waals surface area (Å²) in [6, 6.07) is 23.0. The number of rotatable bonds is 8. The van der Waals surface area contributed by atoms with Gasteiger partial charge in [-0.3, -0.25) is 5.41 Å². The zero-order valence-electron chi connectivity index (χ0n) is 16.2. The van der Waals surface area contributed by atoms with Gasteiger partial charge >= 0.3 is 0 Å². The van der Waals surface area contributed by atoms with E-state index < -0.39 is 0 Å². The molecule has 0 bridgehead atoms. The van der Waals surface area contributed by atoms with Gasteiger partial charge in [0.15, 0.2) is 0 Å². The highest BCUT2D eigenvalue weighted by atomic mass is 32.1. The van der Waals surface area contributed by atoms with Crippen LogP contribution in [0.25, 0.3) is 0 Å². The zero-order chi connectivity index (χ0) is 19.9. The van der Waals surface area contributed by atoms with Gasteiger partial charge in [-0.1, -0.05) is 42.5 Å². The molecular weight excluding hydrogens is 380 g/mol. The first-order valence-electron chi connectivity index (χ1n) is 9.89. The summed E-state index contributed by atoms with van der Waals surface area (Å²) in [5.41, 5.74) is 2.17. The Morgan fingerprint density at radius 1 is 1.10 bits per heavy atom. The standard InChI is InChI=1S/C23H26N4OS/c24-23(22-10-5-11-29-22)27-18-8-4-9-21(13-18)28-16-20-12-19(15-26-20)25-14-17-6-2-1-3-7-17/h1-11,13,19-20,25-26H,12,14-16H2,(H2,24,27)/t19-,20-/m0/s1. The molecule has 4 rings (SSSR count). The molecule has 0 aliphatic carbocycles. The van der Waals surface area contributed by atoms with Crippen molar-refractivity contribution in [1.82, 2.24) is 10.6 Å². The minimum atomic E-state index is 0.337. The van der Waals surface area contributed by atoms with Crippen LogP contribution in [0.4, 0.5) is 5.69 Å². The second-order valence-electron chi connectivity index (χ2n) is 7.22. The summed E-state index contributed by atoms with van der Waals surface area (Å²) in [6.07, 6.45) is 1.05. The van der Waals surface area contributed by atoms with Gasteiger partial charge in [0.05, 0.1) is 4.88 Å². The molecule has 2 heterocycles. The maximum atomic E-state index is 8.16. The van der Waals surface area contributed by atoms with Crippen LogP contribution in [0.1, 0.15) is 16.9 Å². The van der Waals surface area contributed by atoms with Gasteiger partial charge in [-0.15, -0.1) is 11.3 Å². The molecule has 29 heavy (non-hydrogen) atoms. The first-order chi connectivity index (χ1) is 14.3. The van der Waals surface area contributed by atoms with E-state index in [9.17, 15) is 0 Å². The summed E-state index contributed by atoms with van der Waals surface area (Å²) in [6.45, 7) is 2.49. The largest absolute Gasteiger partial charge is 0.492 e. The van der Waals surface area contributed by atoms with Crippen LogP contribution in [0.2, 0.25) is 0 Å². The predicted octanol–water partition coefficient (Wildman–Crippen LogP) is 4.08. The Hall–Kier alpha value is -2.67. The fourth-order valence-corrected chi connectivity index (χ4v) is 4.08. The molecule has 4 N–H and O–H groups in total. The molecule has 1 aliphatic heterocycles. The SMILES string of the molecule is N=C(Nc1cccc(OC[C@@H]2C[C@H](NCc3ccccc3)CN2)c1)c1cccs1. The van der Waals surface area contributed by atoms with Gasteiger partial charge in [-0.05, 0) is 35.6 Å². The average molecular weight is 407 g/mol. The Kier molecular flexibility index (Phi) is 6.56. The summed E-state index contributed by atoms with van der Waals surface area (Å²) in [5, 5.41) is 20.4. The second kappa shape index (κ2) is 9.69. The smallest absolute Gasteiger partial charge is 0.140 e. The lowest BCUT2D eigenvalue weighted by atomic mass is 10.1. The third kappa shape index (κ3) is 5.67. The molecule has 150 valence electrons. The molecular formula is C23H26N4OS. The van der Waals surface area contributed by atoms with Crippen LogP contribution in [0.3, 0.4) is 0 Å². The van der Waals surface area contributed by atoms with E-state index in [2.05, 4.69) is 40.2 Å². The van der Waals surface area contributed by atoms with E-state index in [1.54, 1.807) is 11.3 Å². The number of anilines is 1. The predicted molar refractivity (Wildman–Crippen MR) is 120 cm³/mol. The zero-order valence-corrected chi connectivity index (χ0v) is 17.0. The van der Waals surface area contributed by atoms with Gasteiger partial charge in [0.2, 0.25) is 0 Å². The van der Waals surface area contributed by atoms with Crippen LogP contribution in [-0.4, -0.2) is 31.1 Å². The van der Waals surface area contributed by atoms with Crippen molar-refractivity contribution in [3.05, 3.63) is 82.6 Å². The van der Waals surface area contributed by atoms with Gasteiger partial charge < -0.3 is 20.7 Å². The van der Waals surface area contributed by atoms with Crippen LogP contribution in [-0.2, 0) is 6.54 Å². The quantitative estimate of drug-likeness (QED) is 0.336. The van der Waals surface area contributed by atoms with Crippen LogP contribution in [0, 0.1) is 5.41 Å². The summed E-state index contributed by atoms with van der Waals surface area (Å²) in [5.74, 6) is 1.22. The fourth-order valence-electron chi connectivity index (χ4n) is 3.45. The molecule has 6 heteroatoms. The Morgan fingerprint density at radius 3 is 2.83 bits per heavy atom. The Morgan fingerprint density at radius 2 is 2.00 bits per heavy atom. The lowest BCUT2D eigenvalue weighted by Crippen LogP contribution is -2.30. The summed E-state index contributed by atoms with van der Waals surface area (Å²) in [4.78, 5) is 0.917. The number of nitrogens with one attached hydrogen (secondary N) is 4. The fraction of sp³-hybridized carbons (Fsp3) is 0.261. The van der Waals surface area contributed by atoms with Crippen molar-refractivity contribution in [3.63, 3.8) is 0 Å². The Labute approximate surface area is 175 Å². The summed E-state index contributed by atoms with van der Waals surface area (Å²) < 4.78 is 6.02. The molecule has 0 saturated carbocycles. The molecule has 1 aliphatic rings. The lowest BCUT2D eigenvalue weighted by molar-refractivity contribution is 0.275. The molecule has 1 fully saturated rings. The number of hydrogen-bond acceptors (Lipinski definition) is 5. The van der Waals surface area contributed by atoms with Gasteiger partial charge in [-0.25, -0.2) is 0 Å². The molecule has 0 spiro atoms. The molecule has 5 nitrogen and oxygen atoms in total. The number of benzene rings is 2. The maximum absolute atomic E-state index is 8.16. The van der Waals surface area contributed by atoms with Crippen molar-refractivity contribution in [1.29, 1.82) is 5.41 Å². The highest BCUT2D eigenvalue weighted by molar-refractivity contribution is 7.12. The molecule has 0 unspecified atom stereocenters. The number of ether oxygens (including phenoxy) is 1. The van der Waals surface area contributed by atoms with E-state index in [0.717, 1.165) is 35.8 Å². The van der Waals surface area contributed by atoms with Crippen molar-refractivity contribution < 1.29 is 4.74 Å². The van der Waals surface area contributed by atoms with E-state index in [4.69, 9.17) is 10.1 Å². The van der Waals surface area contributed by atoms with Crippen LogP contribution in [0.5, 0.6) is 5.75 Å². The highest BCUT2D eigenvalue weighted by Gasteiger charge is 2.24. The number of thiophene rings is 1. The van der Waals surface area contributed by atoms with Crippen molar-refractivity contribution >= 4 is 22.9 Å². The molecule has 2 atom stereocenters. The van der Waals surface area contributed by atoms with Crippen LogP contribution < -0.4 is 20.7 Å². The third-order valence-corrected chi connectivity index (χ3v) is 5.87. The first kappa shape index (κ1) is 19.6. The monoisotopic (exact) mass is 406 g/mol. The van der Waals surface area contributed by atoms with E-state index in [1.165, 1.54) is 5.56 Å². The summed E-state index contributed by atoms with van der Waals surface area (Å²) >= 11 is 1.55. The summed E-state index contributed by atoms with van der Waals surface area (Å²) in [7, 11) is 0. The van der Waals surface area contributed by atoms with E-state index in [0.29, 0.717) is 24.5 Å². The van der Waals surface area contributed by atoms with E-state index >= 15 is 0 Å². The molecule has 0 amide bonds. The normalized spacial score (nSPS) is 18.5.